The molecule has 0 fully saturated rings. The molecule has 0 heterocycles. The fourth-order valence-electron chi connectivity index (χ4n) is 3.21. The first kappa shape index (κ1) is 22.1. The number of nitrogens with one attached hydrogen (secondary N) is 1. The molecule has 5 heteroatoms. The number of hydrogen-bond donors (Lipinski definition) is 1. The van der Waals surface area contributed by atoms with Crippen LogP contribution in [0, 0.1) is 0 Å². The van der Waals surface area contributed by atoms with E-state index in [1.165, 1.54) is 0 Å². The van der Waals surface area contributed by atoms with Crippen LogP contribution in [0.3, 0.4) is 0 Å². The van der Waals surface area contributed by atoms with Crippen LogP contribution in [0.5, 0.6) is 5.75 Å². The minimum absolute atomic E-state index is 0.0810. The molecular formula is C26H28N2O3. The Morgan fingerprint density at radius 3 is 2.13 bits per heavy atom. The predicted molar refractivity (Wildman–Crippen MR) is 125 cm³/mol. The predicted octanol–water partition coefficient (Wildman–Crippen LogP) is 5.28. The molecule has 0 atom stereocenters. The van der Waals surface area contributed by atoms with Gasteiger partial charge in [0.25, 0.3) is 11.8 Å². The molecule has 31 heavy (non-hydrogen) atoms. The Labute approximate surface area is 183 Å². The summed E-state index contributed by atoms with van der Waals surface area (Å²) < 4.78 is 5.77. The molecule has 0 unspecified atom stereocenters. The smallest absolute Gasteiger partial charge is 0.262 e. The monoisotopic (exact) mass is 416 g/mol. The summed E-state index contributed by atoms with van der Waals surface area (Å²) in [4.78, 5) is 26.6. The van der Waals surface area contributed by atoms with Crippen molar-refractivity contribution in [2.75, 3.05) is 23.9 Å². The molecule has 3 rings (SSSR count). The van der Waals surface area contributed by atoms with Crippen molar-refractivity contribution in [2.24, 2.45) is 0 Å². The number of ether oxygens (including phenoxy) is 1. The number of benzene rings is 3. The van der Waals surface area contributed by atoms with E-state index in [0.29, 0.717) is 17.0 Å². The van der Waals surface area contributed by atoms with Gasteiger partial charge in [0.15, 0.2) is 6.61 Å². The second-order valence-corrected chi connectivity index (χ2v) is 8.36. The van der Waals surface area contributed by atoms with Crippen molar-refractivity contribution in [3.8, 4) is 5.75 Å². The van der Waals surface area contributed by atoms with Gasteiger partial charge >= 0.3 is 0 Å². The number of carbonyl (C=O) groups is 2. The number of para-hydroxylation sites is 2. The first-order valence-corrected chi connectivity index (χ1v) is 10.2. The largest absolute Gasteiger partial charge is 0.483 e. The fourth-order valence-corrected chi connectivity index (χ4v) is 3.21. The zero-order valence-electron chi connectivity index (χ0n) is 18.4. The van der Waals surface area contributed by atoms with E-state index in [1.807, 2.05) is 54.6 Å². The fraction of sp³-hybridized carbons (Fsp3) is 0.231. The van der Waals surface area contributed by atoms with Crippen molar-refractivity contribution in [1.82, 2.24) is 0 Å². The maximum Gasteiger partial charge on any atom is 0.262 e. The van der Waals surface area contributed by atoms with E-state index in [4.69, 9.17) is 4.74 Å². The van der Waals surface area contributed by atoms with E-state index in [2.05, 4.69) is 26.1 Å². The number of nitrogens with zero attached hydrogens (tertiary/aromatic N) is 1. The van der Waals surface area contributed by atoms with E-state index < -0.39 is 0 Å². The molecule has 0 radical (unpaired) electrons. The van der Waals surface area contributed by atoms with Crippen LogP contribution in [-0.2, 0) is 10.2 Å². The van der Waals surface area contributed by atoms with Crippen LogP contribution in [0.1, 0.15) is 36.7 Å². The van der Waals surface area contributed by atoms with Crippen LogP contribution >= 0.6 is 0 Å². The van der Waals surface area contributed by atoms with Gasteiger partial charge in [0.05, 0.1) is 0 Å². The van der Waals surface area contributed by atoms with E-state index >= 15 is 0 Å². The van der Waals surface area contributed by atoms with Gasteiger partial charge in [-0.25, -0.2) is 0 Å². The molecule has 0 spiro atoms. The van der Waals surface area contributed by atoms with Gasteiger partial charge in [0.2, 0.25) is 0 Å². The van der Waals surface area contributed by atoms with Crippen molar-refractivity contribution < 1.29 is 14.3 Å². The number of anilines is 2. The Balaban J connectivity index is 1.59. The lowest BCUT2D eigenvalue weighted by Gasteiger charge is -2.22. The summed E-state index contributed by atoms with van der Waals surface area (Å²) in [5, 5.41) is 2.81. The van der Waals surface area contributed by atoms with Crippen LogP contribution in [-0.4, -0.2) is 25.5 Å². The highest BCUT2D eigenvalue weighted by Crippen LogP contribution is 2.30. The number of rotatable bonds is 6. The second-order valence-electron chi connectivity index (χ2n) is 8.36. The normalized spacial score (nSPS) is 11.0. The Kier molecular flexibility index (Phi) is 6.75. The van der Waals surface area contributed by atoms with Gasteiger partial charge in [0.1, 0.15) is 5.75 Å². The summed E-state index contributed by atoms with van der Waals surface area (Å²) in [7, 11) is 1.74. The van der Waals surface area contributed by atoms with Gasteiger partial charge in [0, 0.05) is 24.0 Å². The number of amides is 2. The Morgan fingerprint density at radius 2 is 1.48 bits per heavy atom. The van der Waals surface area contributed by atoms with Gasteiger partial charge in [-0.05, 0) is 53.4 Å². The summed E-state index contributed by atoms with van der Waals surface area (Å²) >= 11 is 0. The van der Waals surface area contributed by atoms with Gasteiger partial charge in [-0.2, -0.15) is 0 Å². The van der Waals surface area contributed by atoms with Crippen LogP contribution in [0.25, 0.3) is 0 Å². The quantitative estimate of drug-likeness (QED) is 0.595. The Bertz CT molecular complexity index is 1040. The topological polar surface area (TPSA) is 58.6 Å². The van der Waals surface area contributed by atoms with Gasteiger partial charge in [-0.3, -0.25) is 9.59 Å². The molecular weight excluding hydrogens is 388 g/mol. The minimum atomic E-state index is -0.260. The first-order chi connectivity index (χ1) is 14.8. The average Bonchev–Trinajstić information content (AvgIpc) is 2.77. The van der Waals surface area contributed by atoms with E-state index in [-0.39, 0.29) is 23.8 Å². The first-order valence-electron chi connectivity index (χ1n) is 10.2. The summed E-state index contributed by atoms with van der Waals surface area (Å²) in [6, 6.07) is 24.0. The highest BCUT2D eigenvalue weighted by molar-refractivity contribution is 6.06. The van der Waals surface area contributed by atoms with Crippen molar-refractivity contribution in [2.45, 2.75) is 26.2 Å². The minimum Gasteiger partial charge on any atom is -0.483 e. The van der Waals surface area contributed by atoms with E-state index in [9.17, 15) is 9.59 Å². The Hall–Kier alpha value is -3.60. The summed E-state index contributed by atoms with van der Waals surface area (Å²) in [6.45, 7) is 6.22. The molecule has 1 N–H and O–H groups in total. The third kappa shape index (κ3) is 5.72. The lowest BCUT2D eigenvalue weighted by molar-refractivity contribution is -0.118. The molecule has 0 bridgehead atoms. The lowest BCUT2D eigenvalue weighted by atomic mass is 9.86. The molecule has 160 valence electrons. The number of hydrogen-bond acceptors (Lipinski definition) is 3. The van der Waals surface area contributed by atoms with Gasteiger partial charge in [-0.1, -0.05) is 57.2 Å². The average molecular weight is 417 g/mol. The van der Waals surface area contributed by atoms with Crippen LogP contribution < -0.4 is 15.0 Å². The SMILES string of the molecule is CN(C(=O)c1ccc(NC(=O)COc2ccccc2C(C)(C)C)cc1)c1ccccc1. The molecule has 0 saturated heterocycles. The van der Waals surface area contributed by atoms with Crippen LogP contribution in [0.4, 0.5) is 11.4 Å². The molecule has 0 aliphatic carbocycles. The zero-order chi connectivity index (χ0) is 22.4. The third-order valence-corrected chi connectivity index (χ3v) is 4.92. The van der Waals surface area contributed by atoms with Crippen molar-refractivity contribution in [3.05, 3.63) is 90.0 Å². The van der Waals surface area contributed by atoms with Crippen molar-refractivity contribution >= 4 is 23.2 Å². The molecule has 2 amide bonds. The molecule has 0 aliphatic rings. The Morgan fingerprint density at radius 1 is 0.871 bits per heavy atom. The molecule has 0 aliphatic heterocycles. The summed E-state index contributed by atoms with van der Waals surface area (Å²) in [6.07, 6.45) is 0. The maximum atomic E-state index is 12.7. The van der Waals surface area contributed by atoms with E-state index in [1.54, 1.807) is 36.2 Å². The molecule has 5 nitrogen and oxygen atoms in total. The van der Waals surface area contributed by atoms with Gasteiger partial charge < -0.3 is 15.0 Å². The molecule has 3 aromatic rings. The standard InChI is InChI=1S/C26H28N2O3/c1-26(2,3)22-12-8-9-13-23(22)31-18-24(29)27-20-16-14-19(15-17-20)25(30)28(4)21-10-6-5-7-11-21/h5-17H,18H2,1-4H3,(H,27,29). The third-order valence-electron chi connectivity index (χ3n) is 4.92. The van der Waals surface area contributed by atoms with Crippen molar-refractivity contribution in [1.29, 1.82) is 0 Å². The van der Waals surface area contributed by atoms with Crippen LogP contribution in [0.2, 0.25) is 0 Å². The maximum absolute atomic E-state index is 12.7. The summed E-state index contributed by atoms with van der Waals surface area (Å²) in [5.41, 5.74) is 2.93. The van der Waals surface area contributed by atoms with Crippen LogP contribution in [0.15, 0.2) is 78.9 Å². The second kappa shape index (κ2) is 9.47. The van der Waals surface area contributed by atoms with E-state index in [0.717, 1.165) is 11.3 Å². The highest BCUT2D eigenvalue weighted by atomic mass is 16.5. The molecule has 0 saturated carbocycles. The summed E-state index contributed by atoms with van der Waals surface area (Å²) in [5.74, 6) is 0.324. The lowest BCUT2D eigenvalue weighted by Crippen LogP contribution is -2.26. The zero-order valence-corrected chi connectivity index (χ0v) is 18.4. The van der Waals surface area contributed by atoms with Gasteiger partial charge in [-0.15, -0.1) is 0 Å². The molecule has 3 aromatic carbocycles. The number of carbonyl (C=O) groups excluding carboxylic acids is 2. The van der Waals surface area contributed by atoms with Crippen molar-refractivity contribution in [3.63, 3.8) is 0 Å². The highest BCUT2D eigenvalue weighted by Gasteiger charge is 2.19. The molecule has 0 aromatic heterocycles.